The number of hydrogen-bond donors (Lipinski definition) is 2. The van der Waals surface area contributed by atoms with Crippen molar-refractivity contribution in [2.24, 2.45) is 0 Å². The quantitative estimate of drug-likeness (QED) is 0.644. The molecule has 0 atom stereocenters. The lowest BCUT2D eigenvalue weighted by molar-refractivity contribution is 0.569. The van der Waals surface area contributed by atoms with Gasteiger partial charge >= 0.3 is 0 Å². The molecule has 0 radical (unpaired) electrons. The summed E-state index contributed by atoms with van der Waals surface area (Å²) in [5.41, 5.74) is 13.3. The molecule has 0 saturated heterocycles. The van der Waals surface area contributed by atoms with Crippen LogP contribution in [0.4, 0.5) is 11.4 Å². The number of nitrogens with two attached hydrogens (primary N) is 2. The van der Waals surface area contributed by atoms with Crippen molar-refractivity contribution in [3.05, 3.63) is 18.0 Å². The normalized spacial score (nSPS) is 10.7. The molecule has 0 spiro atoms. The second-order valence-corrected chi connectivity index (χ2v) is 3.95. The Morgan fingerprint density at radius 2 is 1.69 bits per heavy atom. The van der Waals surface area contributed by atoms with Crippen LogP contribution in [-0.4, -0.2) is 4.98 Å². The Balaban J connectivity index is 0.00000144. The monoisotopic (exact) mass is 181 g/mol. The molecule has 0 saturated carbocycles. The second kappa shape index (κ2) is 3.64. The van der Waals surface area contributed by atoms with E-state index >= 15 is 0 Å². The largest absolute Gasteiger partial charge is 0.397 e. The zero-order chi connectivity index (χ0) is 9.35. The number of nitrogens with zero attached hydrogens (tertiary/aromatic N) is 1. The molecule has 1 rings (SSSR count). The van der Waals surface area contributed by atoms with Crippen LogP contribution in [0.2, 0.25) is 0 Å². The summed E-state index contributed by atoms with van der Waals surface area (Å²) in [7, 11) is 0. The van der Waals surface area contributed by atoms with E-state index in [1.807, 2.05) is 6.07 Å². The maximum atomic E-state index is 5.65. The molecular formula is C10H19N3. The first-order valence-electron chi connectivity index (χ1n) is 3.93. The highest BCUT2D eigenvalue weighted by Gasteiger charge is 2.15. The van der Waals surface area contributed by atoms with Crippen LogP contribution >= 0.6 is 0 Å². The van der Waals surface area contributed by atoms with Gasteiger partial charge in [0.1, 0.15) is 0 Å². The van der Waals surface area contributed by atoms with E-state index in [9.17, 15) is 0 Å². The van der Waals surface area contributed by atoms with Crippen LogP contribution in [0.1, 0.15) is 33.9 Å². The predicted molar refractivity (Wildman–Crippen MR) is 58.5 cm³/mol. The van der Waals surface area contributed by atoms with Crippen molar-refractivity contribution < 1.29 is 0 Å². The summed E-state index contributed by atoms with van der Waals surface area (Å²) >= 11 is 0. The fourth-order valence-electron chi connectivity index (χ4n) is 0.892. The molecule has 0 aliphatic heterocycles. The van der Waals surface area contributed by atoms with Gasteiger partial charge in [0.25, 0.3) is 0 Å². The molecule has 0 unspecified atom stereocenters. The van der Waals surface area contributed by atoms with Gasteiger partial charge in [0.05, 0.1) is 17.6 Å². The molecular weight excluding hydrogens is 162 g/mol. The molecule has 0 bridgehead atoms. The van der Waals surface area contributed by atoms with Crippen molar-refractivity contribution in [3.63, 3.8) is 0 Å². The van der Waals surface area contributed by atoms with Crippen LogP contribution in [0.5, 0.6) is 0 Å². The summed E-state index contributed by atoms with van der Waals surface area (Å²) in [5.74, 6) is 0. The van der Waals surface area contributed by atoms with Crippen molar-refractivity contribution in [1.29, 1.82) is 0 Å². The summed E-state index contributed by atoms with van der Waals surface area (Å²) < 4.78 is 0. The predicted octanol–water partition coefficient (Wildman–Crippen LogP) is 2.18. The van der Waals surface area contributed by atoms with Crippen LogP contribution in [0.25, 0.3) is 0 Å². The minimum absolute atomic E-state index is 0. The molecule has 0 amide bonds. The van der Waals surface area contributed by atoms with Crippen molar-refractivity contribution in [2.45, 2.75) is 33.6 Å². The first-order valence-corrected chi connectivity index (χ1v) is 3.93. The van der Waals surface area contributed by atoms with Gasteiger partial charge in [-0.05, 0) is 6.07 Å². The lowest BCUT2D eigenvalue weighted by atomic mass is 9.91. The third kappa shape index (κ3) is 2.61. The van der Waals surface area contributed by atoms with Crippen molar-refractivity contribution in [2.75, 3.05) is 11.5 Å². The first-order chi connectivity index (χ1) is 5.41. The lowest BCUT2D eigenvalue weighted by Crippen LogP contribution is -2.14. The van der Waals surface area contributed by atoms with Crippen LogP contribution in [0.15, 0.2) is 12.3 Å². The van der Waals surface area contributed by atoms with Gasteiger partial charge in [-0.2, -0.15) is 0 Å². The van der Waals surface area contributed by atoms with Crippen LogP contribution in [0, 0.1) is 0 Å². The zero-order valence-corrected chi connectivity index (χ0v) is 7.76. The number of nitrogen functional groups attached to an aromatic ring is 2. The number of anilines is 2. The van der Waals surface area contributed by atoms with Gasteiger partial charge in [-0.25, -0.2) is 0 Å². The van der Waals surface area contributed by atoms with Crippen molar-refractivity contribution in [3.8, 4) is 0 Å². The Labute approximate surface area is 80.2 Å². The smallest absolute Gasteiger partial charge is 0.0734 e. The zero-order valence-electron chi connectivity index (χ0n) is 7.76. The van der Waals surface area contributed by atoms with E-state index < -0.39 is 0 Å². The summed E-state index contributed by atoms with van der Waals surface area (Å²) in [6.07, 6.45) is 1.61. The maximum Gasteiger partial charge on any atom is 0.0734 e. The van der Waals surface area contributed by atoms with E-state index in [1.54, 1.807) is 6.20 Å². The molecule has 3 nitrogen and oxygen atoms in total. The van der Waals surface area contributed by atoms with Gasteiger partial charge in [0.2, 0.25) is 0 Å². The Kier molecular flexibility index (Phi) is 3.29. The highest BCUT2D eigenvalue weighted by Crippen LogP contribution is 2.23. The van der Waals surface area contributed by atoms with Crippen molar-refractivity contribution in [1.82, 2.24) is 4.98 Å². The van der Waals surface area contributed by atoms with E-state index in [2.05, 4.69) is 25.8 Å². The van der Waals surface area contributed by atoms with E-state index in [0.29, 0.717) is 11.4 Å². The fourth-order valence-corrected chi connectivity index (χ4v) is 0.892. The SMILES string of the molecule is C.CC(C)(C)c1cc(N)c(N)cn1. The molecule has 1 aromatic rings. The Hall–Kier alpha value is -1.25. The summed E-state index contributed by atoms with van der Waals surface area (Å²) in [6.45, 7) is 6.26. The van der Waals surface area contributed by atoms with Crippen molar-refractivity contribution >= 4 is 11.4 Å². The topological polar surface area (TPSA) is 64.9 Å². The van der Waals surface area contributed by atoms with E-state index in [1.165, 1.54) is 0 Å². The second-order valence-electron chi connectivity index (χ2n) is 3.95. The number of hydrogen-bond acceptors (Lipinski definition) is 3. The molecule has 74 valence electrons. The highest BCUT2D eigenvalue weighted by molar-refractivity contribution is 5.62. The molecule has 1 heterocycles. The number of aromatic nitrogens is 1. The Bertz CT molecular complexity index is 287. The lowest BCUT2D eigenvalue weighted by Gasteiger charge is -2.18. The number of pyridine rings is 1. The van der Waals surface area contributed by atoms with Crippen LogP contribution in [-0.2, 0) is 5.41 Å². The van der Waals surface area contributed by atoms with E-state index in [-0.39, 0.29) is 12.8 Å². The minimum atomic E-state index is 0. The summed E-state index contributed by atoms with van der Waals surface area (Å²) in [6, 6.07) is 1.83. The first kappa shape index (κ1) is 11.8. The molecule has 0 aliphatic carbocycles. The van der Waals surface area contributed by atoms with Crippen LogP contribution in [0.3, 0.4) is 0 Å². The third-order valence-electron chi connectivity index (χ3n) is 1.74. The van der Waals surface area contributed by atoms with Gasteiger partial charge in [-0.15, -0.1) is 0 Å². The Morgan fingerprint density at radius 3 is 2.08 bits per heavy atom. The fraction of sp³-hybridized carbons (Fsp3) is 0.500. The van der Waals surface area contributed by atoms with E-state index in [4.69, 9.17) is 11.5 Å². The van der Waals surface area contributed by atoms with E-state index in [0.717, 1.165) is 5.69 Å². The van der Waals surface area contributed by atoms with Gasteiger partial charge in [-0.3, -0.25) is 4.98 Å². The van der Waals surface area contributed by atoms with Gasteiger partial charge in [-0.1, -0.05) is 28.2 Å². The summed E-state index contributed by atoms with van der Waals surface area (Å²) in [4.78, 5) is 4.21. The van der Waals surface area contributed by atoms with Gasteiger partial charge < -0.3 is 11.5 Å². The molecule has 4 N–H and O–H groups in total. The average molecular weight is 181 g/mol. The molecule has 0 fully saturated rings. The maximum absolute atomic E-state index is 5.65. The average Bonchev–Trinajstić information content (AvgIpc) is 1.92. The van der Waals surface area contributed by atoms with Gasteiger partial charge in [0.15, 0.2) is 0 Å². The third-order valence-corrected chi connectivity index (χ3v) is 1.74. The molecule has 0 aromatic carbocycles. The number of rotatable bonds is 0. The Morgan fingerprint density at radius 1 is 1.15 bits per heavy atom. The molecule has 1 aromatic heterocycles. The van der Waals surface area contributed by atoms with Crippen LogP contribution < -0.4 is 11.5 Å². The highest BCUT2D eigenvalue weighted by atomic mass is 14.8. The standard InChI is InChI=1S/C9H15N3.CH4/c1-9(2,3)8-4-6(10)7(11)5-12-8;/h4-5H,11H2,1-3H3,(H2,10,12);1H4. The molecule has 0 aliphatic rings. The molecule has 3 heteroatoms. The van der Waals surface area contributed by atoms with Gasteiger partial charge in [0, 0.05) is 11.1 Å². The molecule has 13 heavy (non-hydrogen) atoms. The minimum Gasteiger partial charge on any atom is -0.397 e. The summed E-state index contributed by atoms with van der Waals surface area (Å²) in [5, 5.41) is 0.